The largest absolute Gasteiger partial charge is 0.0770 e. The third-order valence-electron chi connectivity index (χ3n) is 2.43. The average molecular weight is 158 g/mol. The van der Waals surface area contributed by atoms with Crippen LogP contribution < -0.4 is 0 Å². The smallest absolute Gasteiger partial charge is 0.0265 e. The molecule has 0 aliphatic heterocycles. The minimum atomic E-state index is 1.25. The van der Waals surface area contributed by atoms with Gasteiger partial charge in [0.2, 0.25) is 0 Å². The van der Waals surface area contributed by atoms with Gasteiger partial charge in [-0.25, -0.2) is 0 Å². The van der Waals surface area contributed by atoms with Crippen molar-refractivity contribution in [1.82, 2.24) is 0 Å². The zero-order valence-electron chi connectivity index (χ0n) is 7.29. The molecule has 0 heteroatoms. The quantitative estimate of drug-likeness (QED) is 0.506. The molecule has 0 heterocycles. The van der Waals surface area contributed by atoms with E-state index in [1.54, 1.807) is 0 Å². The number of hydrogen-bond donors (Lipinski definition) is 0. The minimum Gasteiger partial charge on any atom is -0.0770 e. The van der Waals surface area contributed by atoms with E-state index >= 15 is 0 Å². The van der Waals surface area contributed by atoms with E-state index in [-0.39, 0.29) is 0 Å². The molecule has 12 heavy (non-hydrogen) atoms. The van der Waals surface area contributed by atoms with Gasteiger partial charge >= 0.3 is 0 Å². The molecular formula is C12H14. The van der Waals surface area contributed by atoms with Crippen molar-refractivity contribution in [3.8, 4) is 0 Å². The van der Waals surface area contributed by atoms with Crippen LogP contribution in [0, 0.1) is 0 Å². The third-order valence-corrected chi connectivity index (χ3v) is 2.43. The number of fused-ring (bicyclic) bond motifs is 1. The number of rotatable bonds is 0. The lowest BCUT2D eigenvalue weighted by Gasteiger charge is -2.02. The molecule has 2 rings (SSSR count). The van der Waals surface area contributed by atoms with Crippen LogP contribution in [-0.2, 0) is 0 Å². The summed E-state index contributed by atoms with van der Waals surface area (Å²) in [5.74, 6) is 0. The molecule has 0 fully saturated rings. The van der Waals surface area contributed by atoms with E-state index in [4.69, 9.17) is 0 Å². The summed E-state index contributed by atoms with van der Waals surface area (Å²) in [4.78, 5) is 0. The first-order valence-corrected chi connectivity index (χ1v) is 4.71. The molecule has 0 aromatic carbocycles. The fraction of sp³-hybridized carbons (Fsp3) is 0.333. The SMILES string of the molecule is C1=CC=C2CCCCC=C2C=C1. The standard InChI is InChI=1S/C12H14/c1-3-7-11-9-5-2-6-10-12(11)8-4-1/h1,3-4,7-9H,2,5-6,10H2. The summed E-state index contributed by atoms with van der Waals surface area (Å²) in [7, 11) is 0. The highest BCUT2D eigenvalue weighted by Gasteiger charge is 2.05. The van der Waals surface area contributed by atoms with E-state index in [0.717, 1.165) is 0 Å². The third kappa shape index (κ3) is 1.58. The van der Waals surface area contributed by atoms with Gasteiger partial charge in [0.05, 0.1) is 0 Å². The lowest BCUT2D eigenvalue weighted by molar-refractivity contribution is 0.765. The maximum Gasteiger partial charge on any atom is -0.0265 e. The van der Waals surface area contributed by atoms with Crippen LogP contribution in [0.25, 0.3) is 0 Å². The van der Waals surface area contributed by atoms with Crippen molar-refractivity contribution in [1.29, 1.82) is 0 Å². The van der Waals surface area contributed by atoms with Crippen LogP contribution in [0.1, 0.15) is 25.7 Å². The topological polar surface area (TPSA) is 0 Å². The normalized spacial score (nSPS) is 22.0. The van der Waals surface area contributed by atoms with E-state index in [1.807, 2.05) is 0 Å². The highest BCUT2D eigenvalue weighted by molar-refractivity contribution is 5.45. The summed E-state index contributed by atoms with van der Waals surface area (Å²) >= 11 is 0. The molecule has 0 radical (unpaired) electrons. The predicted molar refractivity (Wildman–Crippen MR) is 52.9 cm³/mol. The maximum atomic E-state index is 2.36. The van der Waals surface area contributed by atoms with E-state index < -0.39 is 0 Å². The molecule has 0 saturated heterocycles. The molecule has 0 spiro atoms. The first kappa shape index (κ1) is 7.60. The fourth-order valence-corrected chi connectivity index (χ4v) is 1.74. The fourth-order valence-electron chi connectivity index (χ4n) is 1.74. The Labute approximate surface area is 74.0 Å². The van der Waals surface area contributed by atoms with Crippen molar-refractivity contribution in [3.63, 3.8) is 0 Å². The highest BCUT2D eigenvalue weighted by Crippen LogP contribution is 2.25. The van der Waals surface area contributed by atoms with Crippen molar-refractivity contribution in [3.05, 3.63) is 47.6 Å². The molecule has 0 aromatic heterocycles. The number of hydrogen-bond acceptors (Lipinski definition) is 0. The van der Waals surface area contributed by atoms with Crippen molar-refractivity contribution in [2.75, 3.05) is 0 Å². The number of allylic oxidation sites excluding steroid dienone is 8. The van der Waals surface area contributed by atoms with Crippen LogP contribution in [-0.4, -0.2) is 0 Å². The monoisotopic (exact) mass is 158 g/mol. The minimum absolute atomic E-state index is 1.25. The zero-order valence-corrected chi connectivity index (χ0v) is 7.29. The molecule has 2 aliphatic carbocycles. The summed E-state index contributed by atoms with van der Waals surface area (Å²) in [6, 6.07) is 0. The average Bonchev–Trinajstić information content (AvgIpc) is 2.38. The van der Waals surface area contributed by atoms with Gasteiger partial charge in [-0.2, -0.15) is 0 Å². The van der Waals surface area contributed by atoms with Gasteiger partial charge in [-0.1, -0.05) is 36.5 Å². The lowest BCUT2D eigenvalue weighted by Crippen LogP contribution is -1.83. The molecule has 0 N–H and O–H groups in total. The molecule has 0 amide bonds. The van der Waals surface area contributed by atoms with Crippen LogP contribution in [0.4, 0.5) is 0 Å². The van der Waals surface area contributed by atoms with E-state index in [9.17, 15) is 0 Å². The summed E-state index contributed by atoms with van der Waals surface area (Å²) in [5, 5.41) is 0. The van der Waals surface area contributed by atoms with E-state index in [0.29, 0.717) is 0 Å². The summed E-state index contributed by atoms with van der Waals surface area (Å²) < 4.78 is 0. The van der Waals surface area contributed by atoms with Crippen LogP contribution in [0.2, 0.25) is 0 Å². The van der Waals surface area contributed by atoms with Crippen LogP contribution in [0.15, 0.2) is 47.6 Å². The summed E-state index contributed by atoms with van der Waals surface area (Å²) in [5.41, 5.74) is 2.95. The van der Waals surface area contributed by atoms with Gasteiger partial charge in [0.15, 0.2) is 0 Å². The summed E-state index contributed by atoms with van der Waals surface area (Å²) in [6.45, 7) is 0. The molecular weight excluding hydrogens is 144 g/mol. The van der Waals surface area contributed by atoms with Gasteiger partial charge < -0.3 is 0 Å². The van der Waals surface area contributed by atoms with Crippen molar-refractivity contribution in [2.45, 2.75) is 25.7 Å². The van der Waals surface area contributed by atoms with Crippen LogP contribution in [0.3, 0.4) is 0 Å². The van der Waals surface area contributed by atoms with Gasteiger partial charge in [-0.15, -0.1) is 0 Å². The second-order valence-electron chi connectivity index (χ2n) is 3.34. The maximum absolute atomic E-state index is 2.36. The van der Waals surface area contributed by atoms with Crippen molar-refractivity contribution >= 4 is 0 Å². The predicted octanol–water partition coefficient (Wildman–Crippen LogP) is 3.54. The molecule has 0 nitrogen and oxygen atoms in total. The molecule has 0 aromatic rings. The zero-order chi connectivity index (χ0) is 8.23. The Balaban J connectivity index is 2.32. The Kier molecular flexibility index (Phi) is 2.26. The van der Waals surface area contributed by atoms with Gasteiger partial charge in [0.1, 0.15) is 0 Å². The van der Waals surface area contributed by atoms with Crippen molar-refractivity contribution in [2.24, 2.45) is 0 Å². The molecule has 0 atom stereocenters. The van der Waals surface area contributed by atoms with Gasteiger partial charge in [0.25, 0.3) is 0 Å². The first-order chi connectivity index (χ1) is 5.97. The van der Waals surface area contributed by atoms with Gasteiger partial charge in [-0.3, -0.25) is 0 Å². The lowest BCUT2D eigenvalue weighted by atomic mass is 10.0. The molecule has 0 bridgehead atoms. The molecule has 62 valence electrons. The molecule has 0 saturated carbocycles. The van der Waals surface area contributed by atoms with E-state index in [1.165, 1.54) is 36.8 Å². The summed E-state index contributed by atoms with van der Waals surface area (Å²) in [6.07, 6.45) is 18.4. The highest BCUT2D eigenvalue weighted by atomic mass is 14.1. The molecule has 2 aliphatic rings. The Morgan fingerprint density at radius 2 is 2.00 bits per heavy atom. The van der Waals surface area contributed by atoms with Gasteiger partial charge in [0, 0.05) is 0 Å². The second-order valence-corrected chi connectivity index (χ2v) is 3.34. The second kappa shape index (κ2) is 3.57. The van der Waals surface area contributed by atoms with E-state index in [2.05, 4.69) is 36.5 Å². The van der Waals surface area contributed by atoms with Crippen LogP contribution in [0.5, 0.6) is 0 Å². The first-order valence-electron chi connectivity index (χ1n) is 4.71. The van der Waals surface area contributed by atoms with Gasteiger partial charge in [-0.05, 0) is 36.8 Å². The van der Waals surface area contributed by atoms with Crippen molar-refractivity contribution < 1.29 is 0 Å². The Bertz CT molecular complexity index is 274. The Hall–Kier alpha value is -1.04. The Morgan fingerprint density at radius 3 is 3.00 bits per heavy atom. The van der Waals surface area contributed by atoms with Crippen LogP contribution >= 0.6 is 0 Å². The Morgan fingerprint density at radius 1 is 1.00 bits per heavy atom. The molecule has 0 unspecified atom stereocenters.